The van der Waals surface area contributed by atoms with Crippen LogP contribution in [-0.4, -0.2) is 168 Å². The van der Waals surface area contributed by atoms with Crippen molar-refractivity contribution in [2.75, 3.05) is 6.61 Å². The molecule has 1 fully saturated rings. The molecular formula is C75H66Cl2N10O24. The number of phenols is 6. The number of halogens is 2. The Morgan fingerprint density at radius 2 is 1.29 bits per heavy atom. The highest BCUT2D eigenvalue weighted by molar-refractivity contribution is 6.32. The van der Waals surface area contributed by atoms with Crippen LogP contribution in [0.1, 0.15) is 87.9 Å². The summed E-state index contributed by atoms with van der Waals surface area (Å²) in [4.78, 5) is 105. The van der Waals surface area contributed by atoms with E-state index in [0.29, 0.717) is 5.75 Å². The highest BCUT2D eigenvalue weighted by Crippen LogP contribution is 2.49. The van der Waals surface area contributed by atoms with E-state index in [2.05, 4.69) is 47.5 Å². The number of ether oxygens (including phenoxy) is 6. The Hall–Kier alpha value is -12.5. The van der Waals surface area contributed by atoms with Gasteiger partial charge >= 0.3 is 5.97 Å². The Labute approximate surface area is 636 Å². The van der Waals surface area contributed by atoms with Crippen LogP contribution in [0.25, 0.3) is 11.1 Å². The number of aromatic hydroxyl groups is 6. The van der Waals surface area contributed by atoms with E-state index in [1.54, 1.807) is 30.3 Å². The van der Waals surface area contributed by atoms with Crippen molar-refractivity contribution in [3.63, 3.8) is 0 Å². The summed E-state index contributed by atoms with van der Waals surface area (Å²) < 4.78 is 38.7. The van der Waals surface area contributed by atoms with Gasteiger partial charge in [0.25, 0.3) is 0 Å². The van der Waals surface area contributed by atoms with Gasteiger partial charge in [0.05, 0.1) is 28.9 Å². The monoisotopic (exact) mass is 1560 g/mol. The van der Waals surface area contributed by atoms with E-state index in [0.717, 1.165) is 73.7 Å². The summed E-state index contributed by atoms with van der Waals surface area (Å²) in [6.45, 7) is -0.0920. The Morgan fingerprint density at radius 3 is 2.00 bits per heavy atom. The van der Waals surface area contributed by atoms with Crippen LogP contribution < -0.4 is 56.2 Å². The van der Waals surface area contributed by atoms with Crippen LogP contribution in [0.4, 0.5) is 0 Å². The standard InChI is InChI=1S/C75H66Cl2N10O24/c1-30(89)78-61-66(97)65(96)55(28-88)110-75(61)111-67-34-10-14-51(45(77)20-34)109-54-23-36-22-53(64(54)95)108-50-13-7-31(15-44(50)76)16-46-68(98)80-58(35-17-38(90)24-41(18-35)107-52-21-33(9-12-48(52)93)63(73(103)79-46)87-27-37(85-86-87)29-106-40-5-3-2-4-6-40)70(100)82-59(36)71(101)81-57-32-8-11-47(92)42(19-32)56-43(25-39(91)26-49(56)94)60(74(104)105)83-72(102)62(67)84-69(57)99/h2-15,17-27,46,55,57-63,65-67,71,75,81,88,90-97,101H,16,28-29H2,1H3,(H,78,89)(H,79,103)(H,80,98)(H,82,100)(H,83,102)(H,84,99)(H,104,105)/t46-,55-,57-,58+,59-,60-,61-,62-,63-,65-,66-,67-,71?,75+/m1/s1. The van der Waals surface area contributed by atoms with Gasteiger partial charge in [-0.1, -0.05) is 70.9 Å². The lowest BCUT2D eigenvalue weighted by Gasteiger charge is -2.44. The van der Waals surface area contributed by atoms with Crippen molar-refractivity contribution >= 4 is 64.6 Å². The Morgan fingerprint density at radius 1 is 0.613 bits per heavy atom. The van der Waals surface area contributed by atoms with E-state index in [1.807, 2.05) is 0 Å². The topological polar surface area (TPSA) is 512 Å². The fourth-order valence-corrected chi connectivity index (χ4v) is 14.1. The van der Waals surface area contributed by atoms with Crippen LogP contribution in [0.3, 0.4) is 0 Å². The molecule has 7 aliphatic heterocycles. The van der Waals surface area contributed by atoms with Gasteiger partial charge in [0.2, 0.25) is 41.2 Å². The zero-order chi connectivity index (χ0) is 78.5. The number of para-hydroxylation sites is 1. The predicted octanol–water partition coefficient (Wildman–Crippen LogP) is 4.50. The summed E-state index contributed by atoms with van der Waals surface area (Å²) >= 11 is 14.2. The molecule has 574 valence electrons. The highest BCUT2D eigenvalue weighted by atomic mass is 35.5. The van der Waals surface area contributed by atoms with Gasteiger partial charge in [0, 0.05) is 42.2 Å². The molecule has 9 aromatic rings. The third-order valence-corrected chi connectivity index (χ3v) is 19.6. The number of carbonyl (C=O) groups excluding carboxylic acids is 6. The summed E-state index contributed by atoms with van der Waals surface area (Å²) in [6.07, 6.45) is -11.3. The number of amides is 6. The van der Waals surface area contributed by atoms with Gasteiger partial charge in [-0.25, -0.2) is 9.48 Å². The third-order valence-electron chi connectivity index (χ3n) is 19.0. The quantitative estimate of drug-likeness (QED) is 0.0945. The van der Waals surface area contributed by atoms with Crippen molar-refractivity contribution in [2.24, 2.45) is 0 Å². The summed E-state index contributed by atoms with van der Waals surface area (Å²) in [7, 11) is 0. The molecule has 17 bridgehead atoms. The molecule has 6 amide bonds. The first kappa shape index (κ1) is 75.3. The molecule has 0 radical (unpaired) electrons. The van der Waals surface area contributed by atoms with Crippen LogP contribution in [0.15, 0.2) is 152 Å². The molecule has 7 aliphatic rings. The van der Waals surface area contributed by atoms with Crippen LogP contribution in [0.5, 0.6) is 74.7 Å². The Kier molecular flexibility index (Phi) is 20.9. The molecule has 0 spiro atoms. The van der Waals surface area contributed by atoms with E-state index in [9.17, 15) is 65.8 Å². The normalized spacial score (nSPS) is 24.4. The largest absolute Gasteiger partial charge is 0.508 e. The molecule has 16 rings (SSSR count). The number of nitrogens with one attached hydrogen (secondary N) is 7. The van der Waals surface area contributed by atoms with Gasteiger partial charge in [-0.3, -0.25) is 34.1 Å². The lowest BCUT2D eigenvalue weighted by Crippen LogP contribution is -2.65. The lowest BCUT2D eigenvalue weighted by molar-refractivity contribution is -0.284. The molecule has 8 aromatic carbocycles. The molecule has 0 saturated carbocycles. The second-order valence-corrected chi connectivity index (χ2v) is 27.3. The average Bonchev–Trinajstić information content (AvgIpc) is 1.27. The number of hydrogen-bond donors (Lipinski definition) is 18. The predicted molar refractivity (Wildman–Crippen MR) is 382 cm³/mol. The second-order valence-electron chi connectivity index (χ2n) is 26.5. The van der Waals surface area contributed by atoms with Crippen molar-refractivity contribution in [2.45, 2.75) is 105 Å². The molecule has 8 heterocycles. The maximum atomic E-state index is 16.1. The molecule has 0 aliphatic carbocycles. The number of rotatable bonds is 9. The van der Waals surface area contributed by atoms with Crippen LogP contribution >= 0.6 is 23.2 Å². The number of hydrogen-bond acceptors (Lipinski definition) is 26. The van der Waals surface area contributed by atoms with Gasteiger partial charge in [0.1, 0.15) is 119 Å². The van der Waals surface area contributed by atoms with Crippen LogP contribution in [-0.2, 0) is 56.1 Å². The molecular weight excluding hydrogens is 1500 g/mol. The minimum Gasteiger partial charge on any atom is -0.508 e. The number of phenolic OH excluding ortho intramolecular Hbond substituents is 6. The number of aliphatic hydroxyl groups excluding tert-OH is 4. The molecule has 14 atom stereocenters. The molecule has 18 N–H and O–H groups in total. The van der Waals surface area contributed by atoms with Crippen molar-refractivity contribution in [1.29, 1.82) is 0 Å². The number of aliphatic hydroxyl groups is 4. The number of aliphatic carboxylic acids is 1. The van der Waals surface area contributed by atoms with Crippen molar-refractivity contribution < 1.29 is 118 Å². The van der Waals surface area contributed by atoms with E-state index in [4.69, 9.17) is 51.6 Å². The second kappa shape index (κ2) is 30.9. The smallest absolute Gasteiger partial charge is 0.330 e. The zero-order valence-corrected chi connectivity index (χ0v) is 59.0. The summed E-state index contributed by atoms with van der Waals surface area (Å²) in [6, 6.07) is 14.5. The van der Waals surface area contributed by atoms with E-state index in [-0.39, 0.29) is 73.7 Å². The molecule has 1 saturated heterocycles. The molecule has 36 heteroatoms. The minimum atomic E-state index is -2.47. The third kappa shape index (κ3) is 15.5. The number of fused-ring (bicyclic) bond motifs is 14. The maximum Gasteiger partial charge on any atom is 0.330 e. The van der Waals surface area contributed by atoms with Gasteiger partial charge in [-0.15, -0.1) is 5.10 Å². The van der Waals surface area contributed by atoms with Gasteiger partial charge in [-0.2, -0.15) is 0 Å². The number of carbonyl (C=O) groups is 7. The lowest BCUT2D eigenvalue weighted by atomic mass is 9.89. The number of carboxylic acids is 1. The average molecular weight is 1560 g/mol. The van der Waals surface area contributed by atoms with Gasteiger partial charge in [0.15, 0.2) is 41.4 Å². The fraction of sp³-hybridized carbons (Fsp3) is 0.240. The minimum absolute atomic E-state index is 0.114. The molecule has 111 heavy (non-hydrogen) atoms. The van der Waals surface area contributed by atoms with Gasteiger partial charge < -0.3 is 116 Å². The Bertz CT molecular complexity index is 5210. The van der Waals surface area contributed by atoms with E-state index < -0.39 is 207 Å². The summed E-state index contributed by atoms with van der Waals surface area (Å²) in [5.41, 5.74) is -2.16. The van der Waals surface area contributed by atoms with E-state index >= 15 is 24.0 Å². The highest BCUT2D eigenvalue weighted by Gasteiger charge is 2.49. The van der Waals surface area contributed by atoms with Crippen molar-refractivity contribution in [3.05, 3.63) is 206 Å². The summed E-state index contributed by atoms with van der Waals surface area (Å²) in [5, 5.41) is 154. The number of nitrogens with zero attached hydrogens (tertiary/aromatic N) is 3. The van der Waals surface area contributed by atoms with Crippen molar-refractivity contribution in [3.8, 4) is 85.9 Å². The number of carboxylic acid groups (broad SMARTS) is 1. The maximum absolute atomic E-state index is 16.1. The number of aromatic nitrogens is 3. The van der Waals surface area contributed by atoms with Gasteiger partial charge in [-0.05, 0) is 124 Å². The zero-order valence-electron chi connectivity index (χ0n) is 57.5. The van der Waals surface area contributed by atoms with E-state index in [1.165, 1.54) is 59.4 Å². The molecule has 1 unspecified atom stereocenters. The fourth-order valence-electron chi connectivity index (χ4n) is 13.6. The first-order valence-electron chi connectivity index (χ1n) is 34.0. The van der Waals surface area contributed by atoms with Crippen molar-refractivity contribution in [1.82, 2.24) is 52.2 Å². The first-order chi connectivity index (χ1) is 53.1. The SMILES string of the molecule is CC(=O)N[C@H]1[C@H](O[C@@H]2c3ccc(c(Cl)c3)Oc3cc4cc(c3O)Oc3ccc(cc3Cl)C[C@H]3NC(=O)[C@H](n5cc(COc6ccccc6)nn5)c5ccc(O)c(c5)Oc5cc(O)cc(c5)[C@H](NC3=O)C(=O)N[C@H]4C(O)N[C@H]3C(=O)N[C@H]2C(=O)N[C@@H](C(=O)O)c2cc(O)cc(O)c2-c2cc3ccc2O)O[C@H](CO)[C@@H](O)[C@@H]1O. The first-order valence-corrected chi connectivity index (χ1v) is 34.8. The molecule has 34 nitrogen and oxygen atoms in total. The van der Waals surface area contributed by atoms with Crippen LogP contribution in [0, 0.1) is 0 Å². The van der Waals surface area contributed by atoms with Crippen LogP contribution in [0.2, 0.25) is 10.0 Å². The summed E-state index contributed by atoms with van der Waals surface area (Å²) in [5.74, 6) is -14.9. The molecule has 1 aromatic heterocycles. The Balaban J connectivity index is 0.953. The number of benzene rings is 8.